The van der Waals surface area contributed by atoms with Gasteiger partial charge in [-0.1, -0.05) is 13.8 Å². The summed E-state index contributed by atoms with van der Waals surface area (Å²) in [4.78, 5) is 14.4. The molecule has 0 unspecified atom stereocenters. The van der Waals surface area contributed by atoms with E-state index in [1.807, 2.05) is 17.9 Å². The Labute approximate surface area is 114 Å². The van der Waals surface area contributed by atoms with Crippen molar-refractivity contribution in [3.8, 4) is 0 Å². The molecule has 0 N–H and O–H groups in total. The van der Waals surface area contributed by atoms with Crippen LogP contribution in [0.1, 0.15) is 42.9 Å². The number of hydrogen-bond acceptors (Lipinski definition) is 2. The minimum Gasteiger partial charge on any atom is -0.333 e. The van der Waals surface area contributed by atoms with Crippen molar-refractivity contribution in [1.82, 2.24) is 14.7 Å². The van der Waals surface area contributed by atoms with Gasteiger partial charge < -0.3 is 4.90 Å². The molecule has 102 valence electrons. The van der Waals surface area contributed by atoms with Gasteiger partial charge in [-0.2, -0.15) is 5.10 Å². The van der Waals surface area contributed by atoms with Gasteiger partial charge in [0, 0.05) is 25.5 Å². The Bertz CT molecular complexity index is 399. The lowest BCUT2D eigenvalue weighted by Crippen LogP contribution is -2.41. The van der Waals surface area contributed by atoms with E-state index in [1.165, 1.54) is 0 Å². The van der Waals surface area contributed by atoms with E-state index in [4.69, 9.17) is 11.6 Å². The zero-order chi connectivity index (χ0) is 13.7. The number of hydrogen-bond donors (Lipinski definition) is 0. The molecule has 0 aliphatic heterocycles. The predicted molar refractivity (Wildman–Crippen MR) is 74.1 cm³/mol. The van der Waals surface area contributed by atoms with Crippen LogP contribution in [0.2, 0.25) is 0 Å². The van der Waals surface area contributed by atoms with Crippen molar-refractivity contribution in [2.24, 2.45) is 7.05 Å². The molecule has 1 rings (SSSR count). The summed E-state index contributed by atoms with van der Waals surface area (Å²) in [5.41, 5.74) is 1.49. The van der Waals surface area contributed by atoms with Gasteiger partial charge in [0.1, 0.15) is 5.69 Å². The third kappa shape index (κ3) is 3.25. The molecule has 0 saturated carbocycles. The third-order valence-electron chi connectivity index (χ3n) is 3.19. The normalized spacial score (nSPS) is 11.0. The Morgan fingerprint density at radius 1 is 1.50 bits per heavy atom. The molecule has 1 amide bonds. The first-order chi connectivity index (χ1) is 8.54. The van der Waals surface area contributed by atoms with Crippen LogP contribution in [0.3, 0.4) is 0 Å². The third-order valence-corrected chi connectivity index (χ3v) is 3.36. The van der Waals surface area contributed by atoms with E-state index in [9.17, 15) is 4.79 Å². The van der Waals surface area contributed by atoms with Crippen LogP contribution >= 0.6 is 11.6 Å². The molecule has 0 aromatic carbocycles. The monoisotopic (exact) mass is 271 g/mol. The molecule has 0 aliphatic carbocycles. The van der Waals surface area contributed by atoms with Gasteiger partial charge in [-0.3, -0.25) is 9.48 Å². The molecular weight excluding hydrogens is 250 g/mol. The Hall–Kier alpha value is -1.03. The molecular formula is C13H22ClN3O. The van der Waals surface area contributed by atoms with Crippen molar-refractivity contribution in [3.63, 3.8) is 0 Å². The molecule has 4 nitrogen and oxygen atoms in total. The van der Waals surface area contributed by atoms with Crippen LogP contribution in [0.25, 0.3) is 0 Å². The SMILES string of the molecule is CCC(CC)N(CCCl)C(=O)c1cc(C)nn1C. The summed E-state index contributed by atoms with van der Waals surface area (Å²) in [5.74, 6) is 0.478. The minimum atomic E-state index is 0.0208. The number of aryl methyl sites for hydroxylation is 2. The van der Waals surface area contributed by atoms with Crippen LogP contribution in [-0.4, -0.2) is 39.1 Å². The highest BCUT2D eigenvalue weighted by Gasteiger charge is 2.24. The van der Waals surface area contributed by atoms with Crippen LogP contribution < -0.4 is 0 Å². The zero-order valence-corrected chi connectivity index (χ0v) is 12.4. The van der Waals surface area contributed by atoms with E-state index in [-0.39, 0.29) is 11.9 Å². The molecule has 1 aromatic rings. The summed E-state index contributed by atoms with van der Waals surface area (Å²) in [5, 5.41) is 4.22. The van der Waals surface area contributed by atoms with Crippen molar-refractivity contribution in [3.05, 3.63) is 17.5 Å². The quantitative estimate of drug-likeness (QED) is 0.746. The molecule has 0 radical (unpaired) electrons. The topological polar surface area (TPSA) is 38.1 Å². The Morgan fingerprint density at radius 2 is 2.11 bits per heavy atom. The standard InChI is InChI=1S/C13H22ClN3O/c1-5-11(6-2)17(8-7-14)13(18)12-9-10(3)15-16(12)4/h9,11H,5-8H2,1-4H3. The average molecular weight is 272 g/mol. The lowest BCUT2D eigenvalue weighted by Gasteiger charge is -2.29. The fourth-order valence-corrected chi connectivity index (χ4v) is 2.41. The van der Waals surface area contributed by atoms with E-state index < -0.39 is 0 Å². The maximum atomic E-state index is 12.5. The van der Waals surface area contributed by atoms with Crippen LogP contribution in [0.5, 0.6) is 0 Å². The molecule has 0 saturated heterocycles. The smallest absolute Gasteiger partial charge is 0.272 e. The number of carbonyl (C=O) groups is 1. The molecule has 0 bridgehead atoms. The van der Waals surface area contributed by atoms with Gasteiger partial charge in [0.2, 0.25) is 0 Å². The molecule has 0 spiro atoms. The first kappa shape index (κ1) is 15.0. The first-order valence-corrected chi connectivity index (χ1v) is 6.96. The van der Waals surface area contributed by atoms with Gasteiger partial charge in [-0.15, -0.1) is 11.6 Å². The minimum absolute atomic E-state index is 0.0208. The van der Waals surface area contributed by atoms with Crippen LogP contribution in [-0.2, 0) is 7.05 Å². The molecule has 18 heavy (non-hydrogen) atoms. The molecule has 0 aliphatic rings. The number of nitrogens with zero attached hydrogens (tertiary/aromatic N) is 3. The van der Waals surface area contributed by atoms with E-state index >= 15 is 0 Å². The van der Waals surface area contributed by atoms with Crippen molar-refractivity contribution in [1.29, 1.82) is 0 Å². The zero-order valence-electron chi connectivity index (χ0n) is 11.6. The van der Waals surface area contributed by atoms with E-state index in [0.717, 1.165) is 18.5 Å². The number of halogens is 1. The van der Waals surface area contributed by atoms with Gasteiger partial charge >= 0.3 is 0 Å². The second-order valence-electron chi connectivity index (χ2n) is 4.45. The summed E-state index contributed by atoms with van der Waals surface area (Å²) < 4.78 is 1.64. The largest absolute Gasteiger partial charge is 0.333 e. The number of alkyl halides is 1. The van der Waals surface area contributed by atoms with Crippen LogP contribution in [0, 0.1) is 6.92 Å². The first-order valence-electron chi connectivity index (χ1n) is 6.42. The summed E-state index contributed by atoms with van der Waals surface area (Å²) in [7, 11) is 1.80. The number of aromatic nitrogens is 2. The lowest BCUT2D eigenvalue weighted by molar-refractivity contribution is 0.0670. The lowest BCUT2D eigenvalue weighted by atomic mass is 10.1. The highest BCUT2D eigenvalue weighted by molar-refractivity contribution is 6.18. The van der Waals surface area contributed by atoms with Crippen LogP contribution in [0.15, 0.2) is 6.07 Å². The molecule has 5 heteroatoms. The van der Waals surface area contributed by atoms with Gasteiger partial charge in [-0.05, 0) is 25.8 Å². The predicted octanol–water partition coefficient (Wildman–Crippen LogP) is 2.60. The van der Waals surface area contributed by atoms with Gasteiger partial charge in [0.25, 0.3) is 5.91 Å². The number of amides is 1. The average Bonchev–Trinajstić information content (AvgIpc) is 2.68. The van der Waals surface area contributed by atoms with Crippen molar-refractivity contribution in [2.75, 3.05) is 12.4 Å². The van der Waals surface area contributed by atoms with Gasteiger partial charge in [0.05, 0.1) is 5.69 Å². The molecule has 1 aromatic heterocycles. The van der Waals surface area contributed by atoms with E-state index in [0.29, 0.717) is 18.1 Å². The van der Waals surface area contributed by atoms with Crippen molar-refractivity contribution < 1.29 is 4.79 Å². The fourth-order valence-electron chi connectivity index (χ4n) is 2.23. The summed E-state index contributed by atoms with van der Waals surface area (Å²) in [6, 6.07) is 2.07. The highest BCUT2D eigenvalue weighted by Crippen LogP contribution is 2.14. The van der Waals surface area contributed by atoms with Gasteiger partial charge in [-0.25, -0.2) is 0 Å². The Morgan fingerprint density at radius 3 is 2.50 bits per heavy atom. The second-order valence-corrected chi connectivity index (χ2v) is 4.83. The Balaban J connectivity index is 2.98. The maximum absolute atomic E-state index is 12.5. The van der Waals surface area contributed by atoms with Crippen LogP contribution in [0.4, 0.5) is 0 Å². The molecule has 0 fully saturated rings. The summed E-state index contributed by atoms with van der Waals surface area (Å²) >= 11 is 5.81. The van der Waals surface area contributed by atoms with Crippen molar-refractivity contribution >= 4 is 17.5 Å². The van der Waals surface area contributed by atoms with E-state index in [1.54, 1.807) is 11.7 Å². The number of carbonyl (C=O) groups excluding carboxylic acids is 1. The summed E-state index contributed by atoms with van der Waals surface area (Å²) in [6.45, 7) is 6.66. The van der Waals surface area contributed by atoms with Gasteiger partial charge in [0.15, 0.2) is 0 Å². The number of rotatable bonds is 6. The highest BCUT2D eigenvalue weighted by atomic mass is 35.5. The second kappa shape index (κ2) is 6.78. The summed E-state index contributed by atoms with van der Waals surface area (Å²) in [6.07, 6.45) is 1.88. The molecule has 0 atom stereocenters. The van der Waals surface area contributed by atoms with Crippen molar-refractivity contribution in [2.45, 2.75) is 39.7 Å². The fraction of sp³-hybridized carbons (Fsp3) is 0.692. The Kier molecular flexibility index (Phi) is 5.66. The van der Waals surface area contributed by atoms with E-state index in [2.05, 4.69) is 18.9 Å². The maximum Gasteiger partial charge on any atom is 0.272 e. The molecule has 1 heterocycles.